The van der Waals surface area contributed by atoms with Gasteiger partial charge in [-0.2, -0.15) is 0 Å². The monoisotopic (exact) mass is 270 g/mol. The van der Waals surface area contributed by atoms with Crippen molar-refractivity contribution in [1.82, 2.24) is 0 Å². The first-order valence-corrected chi connectivity index (χ1v) is 7.09. The molecule has 1 unspecified atom stereocenters. The van der Waals surface area contributed by atoms with Gasteiger partial charge in [0.25, 0.3) is 0 Å². The first-order chi connectivity index (χ1) is 10.8. The fourth-order valence-electron chi connectivity index (χ4n) is 2.81. The molecule has 0 N–H and O–H groups in total. The maximum atomic E-state index is 9.06. The lowest BCUT2D eigenvalue weighted by atomic mass is 9.91. The summed E-state index contributed by atoms with van der Waals surface area (Å²) in [5.74, 6) is 0. The van der Waals surface area contributed by atoms with Crippen molar-refractivity contribution in [3.05, 3.63) is 95.6 Å². The molecule has 3 aromatic rings. The lowest BCUT2D eigenvalue weighted by Gasteiger charge is -2.15. The van der Waals surface area contributed by atoms with Gasteiger partial charge in [-0.15, -0.1) is 0 Å². The Labute approximate surface area is 126 Å². The van der Waals surface area contributed by atoms with Gasteiger partial charge in [0.2, 0.25) is 0 Å². The fraction of sp³-hybridized carbons (Fsp3) is 0.0500. The van der Waals surface area contributed by atoms with Crippen molar-refractivity contribution in [3.8, 4) is 11.1 Å². The second kappa shape index (κ2) is 5.02. The normalized spacial score (nSPS) is 20.1. The second-order valence-corrected chi connectivity index (χ2v) is 5.11. The van der Waals surface area contributed by atoms with Crippen molar-refractivity contribution in [1.29, 1.82) is 0 Å². The van der Waals surface area contributed by atoms with Crippen LogP contribution < -0.4 is 0 Å². The molecule has 1 nitrogen and oxygen atoms in total. The average molecular weight is 270 g/mol. The lowest BCUT2D eigenvalue weighted by Crippen LogP contribution is -1.98. The third-order valence-electron chi connectivity index (χ3n) is 3.81. The summed E-state index contributed by atoms with van der Waals surface area (Å²) in [5.41, 5.74) is 5.07. The van der Waals surface area contributed by atoms with Crippen LogP contribution in [-0.4, -0.2) is 6.21 Å². The van der Waals surface area contributed by atoms with Crippen molar-refractivity contribution in [2.75, 3.05) is 0 Å². The zero-order chi connectivity index (χ0) is 15.0. The second-order valence-electron chi connectivity index (χ2n) is 5.11. The van der Waals surface area contributed by atoms with Gasteiger partial charge in [0.05, 0.1) is 1.37 Å². The van der Waals surface area contributed by atoms with Crippen LogP contribution in [0, 0.1) is 0 Å². The molecular formula is C20H15N. The Hall–Kier alpha value is -2.67. The topological polar surface area (TPSA) is 12.4 Å². The van der Waals surface area contributed by atoms with Gasteiger partial charge in [0.1, 0.15) is 6.02 Å². The molecule has 0 bridgehead atoms. The Bertz CT molecular complexity index is 854. The Kier molecular flexibility index (Phi) is 2.64. The minimum atomic E-state index is -1.11. The minimum absolute atomic E-state index is 0.881. The number of fused-ring (bicyclic) bond motifs is 3. The summed E-state index contributed by atoms with van der Waals surface area (Å²) in [6, 6.07) is 25.0. The molecule has 1 atom stereocenters. The molecule has 1 aliphatic rings. The molecule has 21 heavy (non-hydrogen) atoms. The van der Waals surface area contributed by atoms with Crippen molar-refractivity contribution in [3.63, 3.8) is 0 Å². The van der Waals surface area contributed by atoms with Gasteiger partial charge in [-0.3, -0.25) is 4.99 Å². The van der Waals surface area contributed by atoms with Crippen molar-refractivity contribution < 1.29 is 1.37 Å². The highest BCUT2D eigenvalue weighted by Crippen LogP contribution is 2.37. The van der Waals surface area contributed by atoms with Crippen molar-refractivity contribution in [2.24, 2.45) is 4.99 Å². The number of rotatable bonds is 1. The first-order valence-electron chi connectivity index (χ1n) is 7.59. The molecule has 0 spiro atoms. The summed E-state index contributed by atoms with van der Waals surface area (Å²) in [6.45, 7) is 0. The molecule has 3 aromatic carbocycles. The molecule has 100 valence electrons. The third kappa shape index (κ3) is 2.07. The Morgan fingerprint density at radius 1 is 0.714 bits per heavy atom. The molecule has 0 saturated heterocycles. The van der Waals surface area contributed by atoms with Gasteiger partial charge < -0.3 is 0 Å². The van der Waals surface area contributed by atoms with Crippen LogP contribution in [-0.2, 0) is 0 Å². The number of hydrogen-bond donors (Lipinski definition) is 0. The van der Waals surface area contributed by atoms with E-state index in [0.717, 1.165) is 27.8 Å². The number of nitrogens with zero attached hydrogens (tertiary/aromatic N) is 1. The van der Waals surface area contributed by atoms with Crippen LogP contribution in [0.25, 0.3) is 11.1 Å². The van der Waals surface area contributed by atoms with E-state index in [-0.39, 0.29) is 0 Å². The van der Waals surface area contributed by atoms with E-state index < -0.39 is 6.02 Å². The van der Waals surface area contributed by atoms with E-state index in [2.05, 4.69) is 17.1 Å². The molecule has 0 aromatic heterocycles. The smallest absolute Gasteiger partial charge is 0.101 e. The van der Waals surface area contributed by atoms with E-state index >= 15 is 0 Å². The highest BCUT2D eigenvalue weighted by atomic mass is 14.8. The largest absolute Gasteiger partial charge is 0.280 e. The van der Waals surface area contributed by atoms with Crippen LogP contribution in [0.15, 0.2) is 83.9 Å². The van der Waals surface area contributed by atoms with E-state index in [1.807, 2.05) is 72.9 Å². The van der Waals surface area contributed by atoms with Gasteiger partial charge in [0, 0.05) is 11.8 Å². The summed E-state index contributed by atoms with van der Waals surface area (Å²) in [7, 11) is 0. The molecular weight excluding hydrogens is 254 g/mol. The van der Waals surface area contributed by atoms with Crippen molar-refractivity contribution >= 4 is 6.21 Å². The van der Waals surface area contributed by atoms with Crippen LogP contribution in [0.1, 0.15) is 24.1 Å². The zero-order valence-corrected chi connectivity index (χ0v) is 11.5. The first kappa shape index (κ1) is 11.0. The summed E-state index contributed by atoms with van der Waals surface area (Å²) >= 11 is 0. The molecule has 1 heteroatoms. The molecule has 0 fully saturated rings. The lowest BCUT2D eigenvalue weighted by molar-refractivity contribution is 0.884. The summed E-state index contributed by atoms with van der Waals surface area (Å²) < 4.78 is 9.06. The van der Waals surface area contributed by atoms with Crippen LogP contribution in [0.2, 0.25) is 0 Å². The van der Waals surface area contributed by atoms with E-state index in [1.165, 1.54) is 0 Å². The molecule has 4 rings (SSSR count). The standard InChI is InChI=1S/C20H15N/c1-2-8-15(9-3-1)20-19-13-7-6-12-18(19)17-11-5-4-10-16(17)14-21-20/h1-14,20H/i20D. The molecule has 0 radical (unpaired) electrons. The van der Waals surface area contributed by atoms with E-state index in [9.17, 15) is 0 Å². The summed E-state index contributed by atoms with van der Waals surface area (Å²) in [4.78, 5) is 4.65. The molecule has 0 amide bonds. The molecule has 1 aliphatic heterocycles. The van der Waals surface area contributed by atoms with Crippen LogP contribution in [0.4, 0.5) is 0 Å². The van der Waals surface area contributed by atoms with E-state index in [1.54, 1.807) is 0 Å². The van der Waals surface area contributed by atoms with Crippen molar-refractivity contribution in [2.45, 2.75) is 6.02 Å². The highest BCUT2D eigenvalue weighted by molar-refractivity contribution is 5.93. The zero-order valence-electron chi connectivity index (χ0n) is 12.5. The Balaban J connectivity index is 2.05. The SMILES string of the molecule is [2H]C1(c2ccccc2)N=Cc2ccccc2-c2ccccc21. The van der Waals surface area contributed by atoms with Gasteiger partial charge in [-0.25, -0.2) is 0 Å². The minimum Gasteiger partial charge on any atom is -0.280 e. The van der Waals surface area contributed by atoms with Crippen LogP contribution in [0.3, 0.4) is 0 Å². The van der Waals surface area contributed by atoms with E-state index in [0.29, 0.717) is 0 Å². The summed E-state index contributed by atoms with van der Waals surface area (Å²) in [5, 5.41) is 0. The quantitative estimate of drug-likeness (QED) is 0.598. The average Bonchev–Trinajstić information content (AvgIpc) is 2.73. The third-order valence-corrected chi connectivity index (χ3v) is 3.81. The number of aliphatic imine (C=N–C) groups is 1. The molecule has 0 saturated carbocycles. The molecule has 0 aliphatic carbocycles. The van der Waals surface area contributed by atoms with E-state index in [4.69, 9.17) is 1.37 Å². The Morgan fingerprint density at radius 2 is 1.38 bits per heavy atom. The number of benzene rings is 3. The predicted octanol–water partition coefficient (Wildman–Crippen LogP) is 4.88. The van der Waals surface area contributed by atoms with Crippen LogP contribution >= 0.6 is 0 Å². The van der Waals surface area contributed by atoms with Gasteiger partial charge in [-0.05, 0) is 22.3 Å². The number of hydrogen-bond acceptors (Lipinski definition) is 1. The van der Waals surface area contributed by atoms with Gasteiger partial charge in [-0.1, -0.05) is 78.9 Å². The maximum Gasteiger partial charge on any atom is 0.101 e. The highest BCUT2D eigenvalue weighted by Gasteiger charge is 2.20. The summed E-state index contributed by atoms with van der Waals surface area (Å²) in [6.07, 6.45) is 1.83. The fourth-order valence-corrected chi connectivity index (χ4v) is 2.81. The Morgan fingerprint density at radius 3 is 2.24 bits per heavy atom. The molecule has 1 heterocycles. The van der Waals surface area contributed by atoms with Gasteiger partial charge in [0.15, 0.2) is 0 Å². The van der Waals surface area contributed by atoms with Gasteiger partial charge >= 0.3 is 0 Å². The maximum absolute atomic E-state index is 9.06. The van der Waals surface area contributed by atoms with Crippen LogP contribution in [0.5, 0.6) is 0 Å². The predicted molar refractivity (Wildman–Crippen MR) is 87.8 cm³/mol.